The second-order valence-corrected chi connectivity index (χ2v) is 6.18. The second kappa shape index (κ2) is 4.67. The summed E-state index contributed by atoms with van der Waals surface area (Å²) < 4.78 is 0.418. The highest BCUT2D eigenvalue weighted by Crippen LogP contribution is 2.30. The Kier molecular flexibility index (Phi) is 4.07. The molecule has 2 nitrogen and oxygen atoms in total. The number of nitrogens with zero attached hydrogens (tertiary/aromatic N) is 1. The number of hydrogen-bond donors (Lipinski definition) is 1. The van der Waals surface area contributed by atoms with Gasteiger partial charge >= 0.3 is 0 Å². The Balaban J connectivity index is 2.50. The Bertz CT molecular complexity index is 155. The van der Waals surface area contributed by atoms with E-state index in [1.807, 2.05) is 0 Å². The molecule has 3 heteroatoms. The van der Waals surface area contributed by atoms with Crippen molar-refractivity contribution in [1.82, 2.24) is 4.90 Å². The molecule has 1 rings (SSSR count). The molecule has 13 heavy (non-hydrogen) atoms. The van der Waals surface area contributed by atoms with Gasteiger partial charge in [0.2, 0.25) is 0 Å². The van der Waals surface area contributed by atoms with E-state index in [0.717, 1.165) is 6.54 Å². The summed E-state index contributed by atoms with van der Waals surface area (Å²) in [6.07, 6.45) is 1.18. The fourth-order valence-electron chi connectivity index (χ4n) is 1.94. The predicted octanol–water partition coefficient (Wildman–Crippen LogP) is 1.55. The summed E-state index contributed by atoms with van der Waals surface area (Å²) in [5.41, 5.74) is 5.75. The number of hydrogen-bond acceptors (Lipinski definition) is 3. The summed E-state index contributed by atoms with van der Waals surface area (Å²) in [5.74, 6) is 1.25. The quantitative estimate of drug-likeness (QED) is 0.753. The molecule has 1 aliphatic rings. The van der Waals surface area contributed by atoms with Crippen molar-refractivity contribution in [3.8, 4) is 0 Å². The van der Waals surface area contributed by atoms with Crippen LogP contribution in [-0.2, 0) is 0 Å². The van der Waals surface area contributed by atoms with Crippen LogP contribution >= 0.6 is 11.8 Å². The average Bonchev–Trinajstić information content (AvgIpc) is 2.05. The average molecular weight is 202 g/mol. The SMILES string of the molecule is CCC(CN)N1CCSC(C)(C)C1. The zero-order valence-corrected chi connectivity index (χ0v) is 9.86. The lowest BCUT2D eigenvalue weighted by Gasteiger charge is -2.41. The molecule has 1 saturated heterocycles. The van der Waals surface area contributed by atoms with Crippen molar-refractivity contribution in [1.29, 1.82) is 0 Å². The highest BCUT2D eigenvalue weighted by atomic mass is 32.2. The lowest BCUT2D eigenvalue weighted by molar-refractivity contribution is 0.186. The molecule has 1 heterocycles. The lowest BCUT2D eigenvalue weighted by atomic mass is 10.1. The van der Waals surface area contributed by atoms with Crippen LogP contribution in [0.5, 0.6) is 0 Å². The van der Waals surface area contributed by atoms with Crippen molar-refractivity contribution in [2.24, 2.45) is 5.73 Å². The van der Waals surface area contributed by atoms with Crippen LogP contribution in [0.4, 0.5) is 0 Å². The van der Waals surface area contributed by atoms with Crippen LogP contribution in [-0.4, -0.2) is 41.1 Å². The molecule has 0 aliphatic carbocycles. The van der Waals surface area contributed by atoms with Gasteiger partial charge in [0.1, 0.15) is 0 Å². The third kappa shape index (κ3) is 3.15. The zero-order valence-electron chi connectivity index (χ0n) is 9.05. The molecule has 0 aromatic carbocycles. The van der Waals surface area contributed by atoms with Crippen LogP contribution in [0.2, 0.25) is 0 Å². The topological polar surface area (TPSA) is 29.3 Å². The van der Waals surface area contributed by atoms with Crippen LogP contribution in [0.15, 0.2) is 0 Å². The minimum absolute atomic E-state index is 0.418. The van der Waals surface area contributed by atoms with Crippen LogP contribution in [0.1, 0.15) is 27.2 Å². The van der Waals surface area contributed by atoms with E-state index in [1.165, 1.54) is 25.3 Å². The van der Waals surface area contributed by atoms with Crippen molar-refractivity contribution < 1.29 is 0 Å². The van der Waals surface area contributed by atoms with Gasteiger partial charge < -0.3 is 5.73 Å². The normalized spacial score (nSPS) is 25.8. The predicted molar refractivity (Wildman–Crippen MR) is 61.2 cm³/mol. The molecule has 0 radical (unpaired) electrons. The highest BCUT2D eigenvalue weighted by Gasteiger charge is 2.29. The van der Waals surface area contributed by atoms with E-state index in [2.05, 4.69) is 37.4 Å². The van der Waals surface area contributed by atoms with Gasteiger partial charge in [-0.05, 0) is 20.3 Å². The van der Waals surface area contributed by atoms with E-state index < -0.39 is 0 Å². The first-order valence-electron chi connectivity index (χ1n) is 5.17. The third-order valence-corrected chi connectivity index (χ3v) is 4.01. The maximum absolute atomic E-state index is 5.75. The van der Waals surface area contributed by atoms with Gasteiger partial charge in [0.25, 0.3) is 0 Å². The largest absolute Gasteiger partial charge is 0.329 e. The van der Waals surface area contributed by atoms with E-state index >= 15 is 0 Å². The standard InChI is InChI=1S/C10H22N2S/c1-4-9(7-11)12-5-6-13-10(2,3)8-12/h9H,4-8,11H2,1-3H3. The first-order valence-corrected chi connectivity index (χ1v) is 6.15. The zero-order chi connectivity index (χ0) is 9.90. The molecular weight excluding hydrogens is 180 g/mol. The first kappa shape index (κ1) is 11.3. The minimum Gasteiger partial charge on any atom is -0.329 e. The molecule has 0 spiro atoms. The molecule has 1 unspecified atom stereocenters. The van der Waals surface area contributed by atoms with Gasteiger partial charge in [0.15, 0.2) is 0 Å². The highest BCUT2D eigenvalue weighted by molar-refractivity contribution is 8.00. The van der Waals surface area contributed by atoms with E-state index in [0.29, 0.717) is 10.8 Å². The van der Waals surface area contributed by atoms with Gasteiger partial charge in [-0.2, -0.15) is 11.8 Å². The van der Waals surface area contributed by atoms with Crippen LogP contribution in [0, 0.1) is 0 Å². The monoisotopic (exact) mass is 202 g/mol. The number of nitrogens with two attached hydrogens (primary N) is 1. The molecule has 0 aromatic rings. The third-order valence-electron chi connectivity index (χ3n) is 2.71. The Morgan fingerprint density at radius 1 is 1.54 bits per heavy atom. The Morgan fingerprint density at radius 3 is 2.69 bits per heavy atom. The van der Waals surface area contributed by atoms with E-state index in [9.17, 15) is 0 Å². The van der Waals surface area contributed by atoms with Gasteiger partial charge in [-0.3, -0.25) is 4.90 Å². The molecule has 1 atom stereocenters. The molecule has 0 aromatic heterocycles. The van der Waals surface area contributed by atoms with Gasteiger partial charge in [-0.1, -0.05) is 6.92 Å². The molecule has 78 valence electrons. The van der Waals surface area contributed by atoms with Crippen molar-refractivity contribution in [2.75, 3.05) is 25.4 Å². The Morgan fingerprint density at radius 2 is 2.23 bits per heavy atom. The Hall–Kier alpha value is 0.270. The summed E-state index contributed by atoms with van der Waals surface area (Å²) in [7, 11) is 0. The molecule has 0 amide bonds. The number of thioether (sulfide) groups is 1. The molecule has 0 bridgehead atoms. The maximum Gasteiger partial charge on any atom is 0.0231 e. The molecule has 2 N–H and O–H groups in total. The van der Waals surface area contributed by atoms with E-state index in [1.54, 1.807) is 0 Å². The lowest BCUT2D eigenvalue weighted by Crippen LogP contribution is -2.50. The molecule has 1 aliphatic heterocycles. The summed E-state index contributed by atoms with van der Waals surface area (Å²) in [4.78, 5) is 2.55. The Labute approximate surface area is 86.2 Å². The van der Waals surface area contributed by atoms with Gasteiger partial charge in [0, 0.05) is 36.2 Å². The van der Waals surface area contributed by atoms with Crippen molar-refractivity contribution in [2.45, 2.75) is 38.0 Å². The van der Waals surface area contributed by atoms with E-state index in [4.69, 9.17) is 5.73 Å². The van der Waals surface area contributed by atoms with Crippen LogP contribution < -0.4 is 5.73 Å². The van der Waals surface area contributed by atoms with Crippen molar-refractivity contribution >= 4 is 11.8 Å². The maximum atomic E-state index is 5.75. The van der Waals surface area contributed by atoms with Gasteiger partial charge in [0.05, 0.1) is 0 Å². The van der Waals surface area contributed by atoms with Gasteiger partial charge in [-0.15, -0.1) is 0 Å². The van der Waals surface area contributed by atoms with Gasteiger partial charge in [-0.25, -0.2) is 0 Å². The first-order chi connectivity index (χ1) is 6.09. The van der Waals surface area contributed by atoms with Crippen molar-refractivity contribution in [3.63, 3.8) is 0 Å². The minimum atomic E-state index is 0.418. The fraction of sp³-hybridized carbons (Fsp3) is 1.00. The molecular formula is C10H22N2S. The van der Waals surface area contributed by atoms with E-state index in [-0.39, 0.29) is 0 Å². The summed E-state index contributed by atoms with van der Waals surface area (Å²) in [6.45, 7) is 10.1. The second-order valence-electron chi connectivity index (χ2n) is 4.38. The smallest absolute Gasteiger partial charge is 0.0231 e. The van der Waals surface area contributed by atoms with Crippen molar-refractivity contribution in [3.05, 3.63) is 0 Å². The van der Waals surface area contributed by atoms with Crippen LogP contribution in [0.25, 0.3) is 0 Å². The van der Waals surface area contributed by atoms with Crippen LogP contribution in [0.3, 0.4) is 0 Å². The molecule has 0 saturated carbocycles. The summed E-state index contributed by atoms with van der Waals surface area (Å²) in [5, 5.41) is 0. The fourth-order valence-corrected chi connectivity index (χ4v) is 3.07. The number of rotatable bonds is 3. The summed E-state index contributed by atoms with van der Waals surface area (Å²) in [6, 6.07) is 0.597. The molecule has 1 fully saturated rings. The summed E-state index contributed by atoms with van der Waals surface area (Å²) >= 11 is 2.08.